The third-order valence-corrected chi connectivity index (χ3v) is 4.38. The third kappa shape index (κ3) is 4.65. The van der Waals surface area contributed by atoms with Gasteiger partial charge in [0.2, 0.25) is 0 Å². The largest absolute Gasteiger partial charge is 0.444 e. The van der Waals surface area contributed by atoms with Gasteiger partial charge in [0.1, 0.15) is 6.61 Å². The Balaban J connectivity index is 1.53. The standard InChI is InChI=1S/C16H13ClN4O3S/c17-14-4-2-1-3-11(14)9-24-16(23)20-12-5-18-21(6-12)7-13-10-25-15(8-22)19-13/h1-6,8,10H,7,9H2,(H,20,23). The molecule has 0 spiro atoms. The van der Waals surface area contributed by atoms with Crippen molar-refractivity contribution in [1.29, 1.82) is 0 Å². The van der Waals surface area contributed by atoms with Crippen molar-refractivity contribution in [2.75, 3.05) is 5.32 Å². The van der Waals surface area contributed by atoms with Crippen LogP contribution in [-0.4, -0.2) is 27.1 Å². The van der Waals surface area contributed by atoms with Crippen LogP contribution in [0.2, 0.25) is 5.02 Å². The molecule has 0 saturated carbocycles. The molecular formula is C16H13ClN4O3S. The molecule has 2 aromatic heterocycles. The molecule has 0 bridgehead atoms. The van der Waals surface area contributed by atoms with Crippen molar-refractivity contribution in [3.63, 3.8) is 0 Å². The van der Waals surface area contributed by atoms with Gasteiger partial charge in [0.25, 0.3) is 0 Å². The van der Waals surface area contributed by atoms with Gasteiger partial charge in [-0.25, -0.2) is 9.78 Å². The van der Waals surface area contributed by atoms with Crippen LogP contribution in [0, 0.1) is 0 Å². The minimum atomic E-state index is -0.601. The molecule has 0 atom stereocenters. The summed E-state index contributed by atoms with van der Waals surface area (Å²) in [6.07, 6.45) is 3.26. The van der Waals surface area contributed by atoms with Gasteiger partial charge in [0, 0.05) is 22.2 Å². The lowest BCUT2D eigenvalue weighted by atomic mass is 10.2. The summed E-state index contributed by atoms with van der Waals surface area (Å²) in [4.78, 5) is 26.6. The lowest BCUT2D eigenvalue weighted by Crippen LogP contribution is -2.13. The Labute approximate surface area is 152 Å². The number of nitrogens with one attached hydrogen (secondary N) is 1. The van der Waals surface area contributed by atoms with Crippen LogP contribution in [0.5, 0.6) is 0 Å². The number of aromatic nitrogens is 3. The fraction of sp³-hybridized carbons (Fsp3) is 0.125. The number of ether oxygens (including phenoxy) is 1. The average molecular weight is 377 g/mol. The summed E-state index contributed by atoms with van der Waals surface area (Å²) >= 11 is 7.28. The summed E-state index contributed by atoms with van der Waals surface area (Å²) in [5.41, 5.74) is 1.95. The lowest BCUT2D eigenvalue weighted by molar-refractivity contribution is 0.112. The molecule has 0 fully saturated rings. The first-order valence-corrected chi connectivity index (χ1v) is 8.49. The summed E-state index contributed by atoms with van der Waals surface area (Å²) in [7, 11) is 0. The fourth-order valence-electron chi connectivity index (χ4n) is 2.04. The van der Waals surface area contributed by atoms with Crippen LogP contribution in [0.3, 0.4) is 0 Å². The van der Waals surface area contributed by atoms with Gasteiger partial charge in [-0.2, -0.15) is 5.10 Å². The number of amides is 1. The highest BCUT2D eigenvalue weighted by atomic mass is 35.5. The number of carbonyl (C=O) groups is 2. The highest BCUT2D eigenvalue weighted by Crippen LogP contribution is 2.16. The van der Waals surface area contributed by atoms with E-state index in [0.717, 1.165) is 11.3 Å². The maximum absolute atomic E-state index is 11.8. The first-order valence-electron chi connectivity index (χ1n) is 7.23. The van der Waals surface area contributed by atoms with Crippen LogP contribution in [0.1, 0.15) is 21.1 Å². The second-order valence-electron chi connectivity index (χ2n) is 5.01. The first-order chi connectivity index (χ1) is 12.1. The maximum Gasteiger partial charge on any atom is 0.412 e. The molecule has 0 saturated heterocycles. The Hall–Kier alpha value is -2.71. The van der Waals surface area contributed by atoms with Gasteiger partial charge >= 0.3 is 6.09 Å². The molecule has 0 aliphatic rings. The van der Waals surface area contributed by atoms with Gasteiger partial charge in [-0.1, -0.05) is 29.8 Å². The average Bonchev–Trinajstić information content (AvgIpc) is 3.24. The number of rotatable bonds is 6. The number of anilines is 1. The Morgan fingerprint density at radius 2 is 2.24 bits per heavy atom. The molecule has 3 rings (SSSR count). The van der Waals surface area contributed by atoms with Gasteiger partial charge in [0.15, 0.2) is 11.3 Å². The van der Waals surface area contributed by atoms with E-state index in [1.165, 1.54) is 17.5 Å². The Morgan fingerprint density at radius 3 is 3.00 bits per heavy atom. The van der Waals surface area contributed by atoms with Gasteiger partial charge < -0.3 is 4.74 Å². The molecular weight excluding hydrogens is 364 g/mol. The van der Waals surface area contributed by atoms with Crippen LogP contribution >= 0.6 is 22.9 Å². The van der Waals surface area contributed by atoms with E-state index in [-0.39, 0.29) is 6.61 Å². The number of carbonyl (C=O) groups excluding carboxylic acids is 2. The van der Waals surface area contributed by atoms with Crippen molar-refractivity contribution >= 4 is 41.0 Å². The summed E-state index contributed by atoms with van der Waals surface area (Å²) in [5.74, 6) is 0. The van der Waals surface area contributed by atoms with Gasteiger partial charge in [0.05, 0.1) is 24.1 Å². The Kier molecular flexibility index (Phi) is 5.42. The fourth-order valence-corrected chi connectivity index (χ4v) is 2.84. The SMILES string of the molecule is O=Cc1nc(Cn2cc(NC(=O)OCc3ccccc3Cl)cn2)cs1. The van der Waals surface area contributed by atoms with E-state index in [2.05, 4.69) is 15.4 Å². The summed E-state index contributed by atoms with van der Waals surface area (Å²) in [6.45, 7) is 0.480. The van der Waals surface area contributed by atoms with Gasteiger partial charge in [-0.05, 0) is 6.07 Å². The molecule has 0 unspecified atom stereocenters. The number of thiazole rings is 1. The number of halogens is 1. The highest BCUT2D eigenvalue weighted by Gasteiger charge is 2.08. The Morgan fingerprint density at radius 1 is 1.40 bits per heavy atom. The van der Waals surface area contributed by atoms with Gasteiger partial charge in [-0.15, -0.1) is 11.3 Å². The van der Waals surface area contributed by atoms with Crippen molar-refractivity contribution in [2.24, 2.45) is 0 Å². The number of hydrogen-bond donors (Lipinski definition) is 1. The second kappa shape index (κ2) is 7.91. The predicted molar refractivity (Wildman–Crippen MR) is 94.1 cm³/mol. The van der Waals surface area contributed by atoms with E-state index in [9.17, 15) is 9.59 Å². The number of hydrogen-bond acceptors (Lipinski definition) is 6. The van der Waals surface area contributed by atoms with Crippen LogP contribution in [-0.2, 0) is 17.9 Å². The number of benzene rings is 1. The van der Waals surface area contributed by atoms with Crippen molar-refractivity contribution in [3.05, 3.63) is 63.3 Å². The first kappa shape index (κ1) is 17.1. The third-order valence-electron chi connectivity index (χ3n) is 3.19. The topological polar surface area (TPSA) is 86.1 Å². The zero-order valence-electron chi connectivity index (χ0n) is 12.9. The van der Waals surface area contributed by atoms with Crippen LogP contribution < -0.4 is 5.32 Å². The molecule has 9 heteroatoms. The molecule has 25 heavy (non-hydrogen) atoms. The summed E-state index contributed by atoms with van der Waals surface area (Å²) in [5, 5.41) is 9.48. The van der Waals surface area contributed by atoms with E-state index >= 15 is 0 Å². The molecule has 0 radical (unpaired) electrons. The molecule has 3 aromatic rings. The summed E-state index contributed by atoms with van der Waals surface area (Å²) in [6, 6.07) is 7.15. The molecule has 1 aromatic carbocycles. The molecule has 1 N–H and O–H groups in total. The normalized spacial score (nSPS) is 10.4. The van der Waals surface area contributed by atoms with E-state index in [1.54, 1.807) is 34.5 Å². The van der Waals surface area contributed by atoms with E-state index < -0.39 is 6.09 Å². The van der Waals surface area contributed by atoms with Crippen molar-refractivity contribution in [2.45, 2.75) is 13.2 Å². The van der Waals surface area contributed by atoms with Crippen LogP contribution in [0.15, 0.2) is 42.0 Å². The number of aldehydes is 1. The zero-order valence-corrected chi connectivity index (χ0v) is 14.5. The highest BCUT2D eigenvalue weighted by molar-refractivity contribution is 7.11. The van der Waals surface area contributed by atoms with Gasteiger partial charge in [-0.3, -0.25) is 14.8 Å². The minimum Gasteiger partial charge on any atom is -0.444 e. The summed E-state index contributed by atoms with van der Waals surface area (Å²) < 4.78 is 6.74. The predicted octanol–water partition coefficient (Wildman–Crippen LogP) is 3.60. The van der Waals surface area contributed by atoms with Crippen LogP contribution in [0.4, 0.5) is 10.5 Å². The zero-order chi connectivity index (χ0) is 17.6. The molecule has 1 amide bonds. The van der Waals surface area contributed by atoms with E-state index in [1.807, 2.05) is 6.07 Å². The molecule has 128 valence electrons. The molecule has 7 nitrogen and oxygen atoms in total. The van der Waals surface area contributed by atoms with Crippen molar-refractivity contribution in [3.8, 4) is 0 Å². The second-order valence-corrected chi connectivity index (χ2v) is 6.31. The quantitative estimate of drug-likeness (QED) is 0.664. The smallest absolute Gasteiger partial charge is 0.412 e. The van der Waals surface area contributed by atoms with Crippen LogP contribution in [0.25, 0.3) is 0 Å². The molecule has 0 aliphatic carbocycles. The molecule has 2 heterocycles. The Bertz CT molecular complexity index is 893. The van der Waals surface area contributed by atoms with E-state index in [4.69, 9.17) is 16.3 Å². The monoisotopic (exact) mass is 376 g/mol. The van der Waals surface area contributed by atoms with E-state index in [0.29, 0.717) is 28.5 Å². The molecule has 0 aliphatic heterocycles. The number of nitrogens with zero attached hydrogens (tertiary/aromatic N) is 3. The lowest BCUT2D eigenvalue weighted by Gasteiger charge is -2.06. The minimum absolute atomic E-state index is 0.0763. The van der Waals surface area contributed by atoms with Crippen molar-refractivity contribution in [1.82, 2.24) is 14.8 Å². The maximum atomic E-state index is 11.8. The van der Waals surface area contributed by atoms with Crippen molar-refractivity contribution < 1.29 is 14.3 Å².